The summed E-state index contributed by atoms with van der Waals surface area (Å²) >= 11 is 0. The normalized spacial score (nSPS) is 19.5. The average molecular weight is 333 g/mol. The second-order valence-corrected chi connectivity index (χ2v) is 7.32. The van der Waals surface area contributed by atoms with Crippen molar-refractivity contribution in [3.05, 3.63) is 29.8 Å². The first kappa shape index (κ1) is 18.3. The van der Waals surface area contributed by atoms with Crippen LogP contribution in [-0.2, 0) is 16.0 Å². The van der Waals surface area contributed by atoms with Gasteiger partial charge in [-0.05, 0) is 48.8 Å². The van der Waals surface area contributed by atoms with E-state index in [0.29, 0.717) is 12.3 Å². The Hall–Kier alpha value is -2.04. The molecule has 1 aliphatic carbocycles. The predicted octanol–water partition coefficient (Wildman–Crippen LogP) is 3.03. The maximum absolute atomic E-state index is 12.3. The summed E-state index contributed by atoms with van der Waals surface area (Å²) in [5.41, 5.74) is 1.36. The molecule has 1 aromatic carbocycles. The number of carbonyl (C=O) groups is 2. The number of benzene rings is 1. The number of hydrogen-bond donors (Lipinski definition) is 2. The molecule has 1 amide bonds. The standard InChI is InChI=1S/C19H27NO4/c1-19(2)10-3-4-15(12-19)18(23)20-11-9-14-5-7-16(8-6-14)24-13-17(21)22/h5-8,15H,3-4,9-13H2,1-2H3,(H,20,23)(H,21,22). The van der Waals surface area contributed by atoms with Crippen LogP contribution in [0.2, 0.25) is 0 Å². The van der Waals surface area contributed by atoms with E-state index in [4.69, 9.17) is 9.84 Å². The minimum Gasteiger partial charge on any atom is -0.482 e. The van der Waals surface area contributed by atoms with Crippen molar-refractivity contribution >= 4 is 11.9 Å². The molecule has 2 rings (SSSR count). The van der Waals surface area contributed by atoms with Crippen LogP contribution in [0.15, 0.2) is 24.3 Å². The number of carbonyl (C=O) groups excluding carboxylic acids is 1. The molecule has 0 spiro atoms. The van der Waals surface area contributed by atoms with Gasteiger partial charge in [0, 0.05) is 12.5 Å². The Morgan fingerprint density at radius 1 is 1.29 bits per heavy atom. The lowest BCUT2D eigenvalue weighted by Gasteiger charge is -2.34. The highest BCUT2D eigenvalue weighted by Crippen LogP contribution is 2.38. The highest BCUT2D eigenvalue weighted by molar-refractivity contribution is 5.78. The van der Waals surface area contributed by atoms with Crippen molar-refractivity contribution in [3.8, 4) is 5.75 Å². The molecule has 1 aromatic rings. The molecule has 132 valence electrons. The summed E-state index contributed by atoms with van der Waals surface area (Å²) < 4.78 is 5.09. The molecule has 0 heterocycles. The van der Waals surface area contributed by atoms with Crippen LogP contribution in [0.1, 0.15) is 45.1 Å². The van der Waals surface area contributed by atoms with Gasteiger partial charge < -0.3 is 15.2 Å². The summed E-state index contributed by atoms with van der Waals surface area (Å²) in [5, 5.41) is 11.6. The lowest BCUT2D eigenvalue weighted by Crippen LogP contribution is -2.36. The van der Waals surface area contributed by atoms with Crippen molar-refractivity contribution in [2.45, 2.75) is 46.0 Å². The zero-order chi connectivity index (χ0) is 17.6. The van der Waals surface area contributed by atoms with Gasteiger partial charge in [0.05, 0.1) is 0 Å². The number of carboxylic acid groups (broad SMARTS) is 1. The van der Waals surface area contributed by atoms with Gasteiger partial charge in [0.1, 0.15) is 5.75 Å². The lowest BCUT2D eigenvalue weighted by molar-refractivity contribution is -0.139. The van der Waals surface area contributed by atoms with Crippen LogP contribution >= 0.6 is 0 Å². The molecule has 0 saturated heterocycles. The Bertz CT molecular complexity index is 565. The van der Waals surface area contributed by atoms with E-state index < -0.39 is 5.97 Å². The van der Waals surface area contributed by atoms with Crippen LogP contribution in [0.3, 0.4) is 0 Å². The number of nitrogens with one attached hydrogen (secondary N) is 1. The third-order valence-corrected chi connectivity index (χ3v) is 4.57. The number of ether oxygens (including phenoxy) is 1. The largest absolute Gasteiger partial charge is 0.482 e. The second-order valence-electron chi connectivity index (χ2n) is 7.32. The van der Waals surface area contributed by atoms with Gasteiger partial charge in [0.15, 0.2) is 6.61 Å². The molecule has 5 nitrogen and oxygen atoms in total. The predicted molar refractivity (Wildman–Crippen MR) is 92.0 cm³/mol. The Morgan fingerprint density at radius 3 is 2.62 bits per heavy atom. The molecule has 1 aliphatic rings. The van der Waals surface area contributed by atoms with Gasteiger partial charge in [-0.2, -0.15) is 0 Å². The van der Waals surface area contributed by atoms with Crippen LogP contribution in [0, 0.1) is 11.3 Å². The molecule has 1 fully saturated rings. The van der Waals surface area contributed by atoms with Crippen molar-refractivity contribution in [2.24, 2.45) is 11.3 Å². The summed E-state index contributed by atoms with van der Waals surface area (Å²) in [6.07, 6.45) is 5.04. The van der Waals surface area contributed by atoms with Gasteiger partial charge in [-0.3, -0.25) is 4.79 Å². The molecule has 24 heavy (non-hydrogen) atoms. The Labute approximate surface area is 143 Å². The average Bonchev–Trinajstić information content (AvgIpc) is 2.53. The van der Waals surface area contributed by atoms with E-state index >= 15 is 0 Å². The molecular formula is C19H27NO4. The number of rotatable bonds is 7. The number of hydrogen-bond acceptors (Lipinski definition) is 3. The first-order chi connectivity index (χ1) is 11.4. The molecule has 0 aromatic heterocycles. The van der Waals surface area contributed by atoms with Crippen molar-refractivity contribution in [3.63, 3.8) is 0 Å². The van der Waals surface area contributed by atoms with Crippen LogP contribution < -0.4 is 10.1 Å². The SMILES string of the molecule is CC1(C)CCCC(C(=O)NCCc2ccc(OCC(=O)O)cc2)C1. The number of carboxylic acids is 1. The molecule has 0 bridgehead atoms. The van der Waals surface area contributed by atoms with E-state index in [1.54, 1.807) is 12.1 Å². The second kappa shape index (κ2) is 8.18. The third kappa shape index (κ3) is 5.87. The maximum Gasteiger partial charge on any atom is 0.341 e. The fourth-order valence-electron chi connectivity index (χ4n) is 3.29. The molecular weight excluding hydrogens is 306 g/mol. The van der Waals surface area contributed by atoms with Crippen molar-refractivity contribution in [1.82, 2.24) is 5.32 Å². The molecule has 1 unspecified atom stereocenters. The molecule has 1 saturated carbocycles. The van der Waals surface area contributed by atoms with Gasteiger partial charge in [-0.1, -0.05) is 32.4 Å². The monoisotopic (exact) mass is 333 g/mol. The van der Waals surface area contributed by atoms with E-state index in [1.165, 1.54) is 6.42 Å². The fourth-order valence-corrected chi connectivity index (χ4v) is 3.29. The van der Waals surface area contributed by atoms with Crippen molar-refractivity contribution in [1.29, 1.82) is 0 Å². The molecule has 1 atom stereocenters. The van der Waals surface area contributed by atoms with E-state index in [1.807, 2.05) is 12.1 Å². The van der Waals surface area contributed by atoms with E-state index in [-0.39, 0.29) is 23.8 Å². The summed E-state index contributed by atoms with van der Waals surface area (Å²) in [7, 11) is 0. The van der Waals surface area contributed by atoms with Gasteiger partial charge >= 0.3 is 5.97 Å². The summed E-state index contributed by atoms with van der Waals surface area (Å²) in [6.45, 7) is 4.75. The van der Waals surface area contributed by atoms with Gasteiger partial charge in [-0.25, -0.2) is 4.79 Å². The maximum atomic E-state index is 12.3. The van der Waals surface area contributed by atoms with Gasteiger partial charge in [-0.15, -0.1) is 0 Å². The zero-order valence-corrected chi connectivity index (χ0v) is 14.5. The Kier molecular flexibility index (Phi) is 6.23. The van der Waals surface area contributed by atoms with E-state index in [0.717, 1.165) is 31.2 Å². The van der Waals surface area contributed by atoms with E-state index in [9.17, 15) is 9.59 Å². The summed E-state index contributed by atoms with van der Waals surface area (Å²) in [5.74, 6) is -0.146. The first-order valence-electron chi connectivity index (χ1n) is 8.57. The summed E-state index contributed by atoms with van der Waals surface area (Å²) in [6, 6.07) is 7.30. The lowest BCUT2D eigenvalue weighted by atomic mass is 9.72. The third-order valence-electron chi connectivity index (χ3n) is 4.57. The van der Waals surface area contributed by atoms with Crippen LogP contribution in [-0.4, -0.2) is 30.1 Å². The highest BCUT2D eigenvalue weighted by atomic mass is 16.5. The summed E-state index contributed by atoms with van der Waals surface area (Å²) in [4.78, 5) is 22.7. The van der Waals surface area contributed by atoms with Gasteiger partial charge in [0.2, 0.25) is 5.91 Å². The van der Waals surface area contributed by atoms with Crippen molar-refractivity contribution in [2.75, 3.05) is 13.2 Å². The van der Waals surface area contributed by atoms with Crippen LogP contribution in [0.5, 0.6) is 5.75 Å². The van der Waals surface area contributed by atoms with Gasteiger partial charge in [0.25, 0.3) is 0 Å². The Morgan fingerprint density at radius 2 is 2.00 bits per heavy atom. The fraction of sp³-hybridized carbons (Fsp3) is 0.579. The van der Waals surface area contributed by atoms with Crippen molar-refractivity contribution < 1.29 is 19.4 Å². The molecule has 5 heteroatoms. The quantitative estimate of drug-likeness (QED) is 0.804. The number of amides is 1. The number of aliphatic carboxylic acids is 1. The van der Waals surface area contributed by atoms with E-state index in [2.05, 4.69) is 19.2 Å². The molecule has 0 aliphatic heterocycles. The highest BCUT2D eigenvalue weighted by Gasteiger charge is 2.31. The smallest absolute Gasteiger partial charge is 0.341 e. The molecule has 2 N–H and O–H groups in total. The van der Waals surface area contributed by atoms with Crippen LogP contribution in [0.25, 0.3) is 0 Å². The molecule has 0 radical (unpaired) electrons. The topological polar surface area (TPSA) is 75.6 Å². The Balaban J connectivity index is 1.73. The minimum atomic E-state index is -0.993. The zero-order valence-electron chi connectivity index (χ0n) is 14.5. The minimum absolute atomic E-state index is 0.139. The van der Waals surface area contributed by atoms with Crippen LogP contribution in [0.4, 0.5) is 0 Å². The first-order valence-corrected chi connectivity index (χ1v) is 8.57.